The fraction of sp³-hybridized carbons (Fsp3) is 0.440. The van der Waals surface area contributed by atoms with Crippen LogP contribution in [0.25, 0.3) is 11.3 Å². The first kappa shape index (κ1) is 18.3. The third kappa shape index (κ3) is 3.43. The van der Waals surface area contributed by atoms with Crippen LogP contribution >= 0.6 is 0 Å². The van der Waals surface area contributed by atoms with Crippen LogP contribution in [-0.4, -0.2) is 31.1 Å². The Morgan fingerprint density at radius 1 is 1.04 bits per heavy atom. The summed E-state index contributed by atoms with van der Waals surface area (Å²) in [6.45, 7) is 13.0. The van der Waals surface area contributed by atoms with Crippen LogP contribution in [0.2, 0.25) is 0 Å². The number of nitrogens with zero attached hydrogens (tertiary/aromatic N) is 1. The number of benzene rings is 1. The van der Waals surface area contributed by atoms with Gasteiger partial charge in [0.15, 0.2) is 0 Å². The predicted octanol–water partition coefficient (Wildman–Crippen LogP) is 5.41. The Labute approximate surface area is 164 Å². The van der Waals surface area contributed by atoms with E-state index in [1.54, 1.807) is 5.57 Å². The number of rotatable bonds is 5. The highest BCUT2D eigenvalue weighted by Gasteiger charge is 2.37. The normalized spacial score (nSPS) is 20.6. The van der Waals surface area contributed by atoms with E-state index in [1.165, 1.54) is 41.5 Å². The molecular formula is C25H32N2. The lowest BCUT2D eigenvalue weighted by Gasteiger charge is -2.40. The molecule has 0 bridgehead atoms. The van der Waals surface area contributed by atoms with E-state index >= 15 is 0 Å². The SMILES string of the molecule is C=C(c1ccc(C2=CC3(CCNCC3)CC3=CCC=C32)cc1)N(CC)CC. The zero-order valence-electron chi connectivity index (χ0n) is 16.9. The average Bonchev–Trinajstić information content (AvgIpc) is 3.17. The summed E-state index contributed by atoms with van der Waals surface area (Å²) in [5, 5.41) is 3.53. The molecule has 1 heterocycles. The van der Waals surface area contributed by atoms with Crippen LogP contribution in [0.1, 0.15) is 50.7 Å². The van der Waals surface area contributed by atoms with E-state index in [0.717, 1.165) is 38.3 Å². The first-order valence-electron chi connectivity index (χ1n) is 10.5. The maximum absolute atomic E-state index is 4.31. The molecule has 1 N–H and O–H groups in total. The van der Waals surface area contributed by atoms with Crippen molar-refractivity contribution in [3.05, 3.63) is 71.3 Å². The molecule has 4 rings (SSSR count). The summed E-state index contributed by atoms with van der Waals surface area (Å²) in [6.07, 6.45) is 12.3. The summed E-state index contributed by atoms with van der Waals surface area (Å²) in [7, 11) is 0. The second kappa shape index (κ2) is 7.52. The second-order valence-corrected chi connectivity index (χ2v) is 8.13. The summed E-state index contributed by atoms with van der Waals surface area (Å²) < 4.78 is 0. The Morgan fingerprint density at radius 2 is 1.74 bits per heavy atom. The molecule has 0 unspecified atom stereocenters. The molecule has 0 amide bonds. The van der Waals surface area contributed by atoms with E-state index in [-0.39, 0.29) is 0 Å². The number of fused-ring (bicyclic) bond motifs is 1. The van der Waals surface area contributed by atoms with E-state index in [1.807, 2.05) is 0 Å². The predicted molar refractivity (Wildman–Crippen MR) is 116 cm³/mol. The lowest BCUT2D eigenvalue weighted by atomic mass is 9.67. The molecule has 2 nitrogen and oxygen atoms in total. The van der Waals surface area contributed by atoms with Crippen molar-refractivity contribution < 1.29 is 0 Å². The van der Waals surface area contributed by atoms with Crippen LogP contribution in [-0.2, 0) is 0 Å². The molecule has 2 aliphatic carbocycles. The molecule has 142 valence electrons. The summed E-state index contributed by atoms with van der Waals surface area (Å²) in [5.74, 6) is 0. The largest absolute Gasteiger partial charge is 0.372 e. The van der Waals surface area contributed by atoms with Crippen LogP contribution in [0.4, 0.5) is 0 Å². The van der Waals surface area contributed by atoms with Crippen LogP contribution in [0.15, 0.2) is 60.2 Å². The molecule has 1 aromatic rings. The smallest absolute Gasteiger partial charge is 0.0366 e. The first-order valence-corrected chi connectivity index (χ1v) is 10.5. The van der Waals surface area contributed by atoms with Crippen LogP contribution < -0.4 is 5.32 Å². The van der Waals surface area contributed by atoms with Crippen molar-refractivity contribution in [2.45, 2.75) is 39.5 Å². The molecule has 1 fully saturated rings. The summed E-state index contributed by atoms with van der Waals surface area (Å²) in [4.78, 5) is 2.32. The Bertz CT molecular complexity index is 797. The van der Waals surface area contributed by atoms with Gasteiger partial charge >= 0.3 is 0 Å². The van der Waals surface area contributed by atoms with Gasteiger partial charge in [0, 0.05) is 18.8 Å². The standard InChI is InChI=1S/C25H32N2/c1-4-27(5-2)19(3)20-9-11-21(12-10-20)24-18-25(13-15-26-16-14-25)17-22-7-6-8-23(22)24/h7-12,18,26H,3-6,13-17H2,1-2H3. The average molecular weight is 361 g/mol. The summed E-state index contributed by atoms with van der Waals surface area (Å²) in [6, 6.07) is 9.10. The third-order valence-corrected chi connectivity index (χ3v) is 6.59. The number of hydrogen-bond acceptors (Lipinski definition) is 2. The van der Waals surface area contributed by atoms with Gasteiger partial charge in [-0.15, -0.1) is 0 Å². The fourth-order valence-corrected chi connectivity index (χ4v) is 4.94. The van der Waals surface area contributed by atoms with E-state index in [4.69, 9.17) is 0 Å². The molecule has 1 saturated heterocycles. The van der Waals surface area contributed by atoms with E-state index < -0.39 is 0 Å². The molecule has 0 saturated carbocycles. The highest BCUT2D eigenvalue weighted by atomic mass is 15.1. The van der Waals surface area contributed by atoms with Crippen LogP contribution in [0.5, 0.6) is 0 Å². The Balaban J connectivity index is 1.66. The Kier molecular flexibility index (Phi) is 5.10. The summed E-state index contributed by atoms with van der Waals surface area (Å²) in [5.41, 5.74) is 8.55. The second-order valence-electron chi connectivity index (χ2n) is 8.13. The van der Waals surface area contributed by atoms with Gasteiger partial charge in [0.2, 0.25) is 0 Å². The molecule has 27 heavy (non-hydrogen) atoms. The topological polar surface area (TPSA) is 15.3 Å². The number of piperidine rings is 1. The minimum atomic E-state index is 0.345. The highest BCUT2D eigenvalue weighted by molar-refractivity contribution is 5.87. The van der Waals surface area contributed by atoms with Crippen molar-refractivity contribution in [3.8, 4) is 0 Å². The van der Waals surface area contributed by atoms with E-state index in [9.17, 15) is 0 Å². The molecule has 0 atom stereocenters. The van der Waals surface area contributed by atoms with Gasteiger partial charge in [-0.1, -0.05) is 49.1 Å². The van der Waals surface area contributed by atoms with Crippen molar-refractivity contribution in [2.75, 3.05) is 26.2 Å². The highest BCUT2D eigenvalue weighted by Crippen LogP contribution is 2.50. The molecule has 0 aromatic heterocycles. The van der Waals surface area contributed by atoms with Gasteiger partial charge in [0.25, 0.3) is 0 Å². The number of nitrogens with one attached hydrogen (secondary N) is 1. The Morgan fingerprint density at radius 3 is 2.41 bits per heavy atom. The molecule has 1 aliphatic heterocycles. The van der Waals surface area contributed by atoms with Crippen molar-refractivity contribution in [1.82, 2.24) is 10.2 Å². The zero-order chi connectivity index (χ0) is 18.9. The van der Waals surface area contributed by atoms with Gasteiger partial charge in [-0.2, -0.15) is 0 Å². The van der Waals surface area contributed by atoms with Crippen LogP contribution in [0, 0.1) is 5.41 Å². The van der Waals surface area contributed by atoms with Gasteiger partial charge in [0.05, 0.1) is 0 Å². The van der Waals surface area contributed by atoms with Gasteiger partial charge < -0.3 is 10.2 Å². The van der Waals surface area contributed by atoms with Crippen LogP contribution in [0.3, 0.4) is 0 Å². The van der Waals surface area contributed by atoms with Crippen molar-refractivity contribution >= 4 is 11.3 Å². The Hall–Kier alpha value is -2.06. The minimum Gasteiger partial charge on any atom is -0.372 e. The van der Waals surface area contributed by atoms with E-state index in [2.05, 4.69) is 73.1 Å². The first-order chi connectivity index (χ1) is 13.2. The van der Waals surface area contributed by atoms with E-state index in [0.29, 0.717) is 5.41 Å². The quantitative estimate of drug-likeness (QED) is 0.755. The molecule has 2 heteroatoms. The van der Waals surface area contributed by atoms with Crippen molar-refractivity contribution in [3.63, 3.8) is 0 Å². The zero-order valence-corrected chi connectivity index (χ0v) is 16.9. The van der Waals surface area contributed by atoms with Gasteiger partial charge in [-0.05, 0) is 85.9 Å². The molecular weight excluding hydrogens is 328 g/mol. The molecule has 1 spiro atoms. The lowest BCUT2D eigenvalue weighted by molar-refractivity contribution is 0.269. The van der Waals surface area contributed by atoms with Gasteiger partial charge in [-0.3, -0.25) is 0 Å². The van der Waals surface area contributed by atoms with Gasteiger partial charge in [-0.25, -0.2) is 0 Å². The molecule has 1 aromatic carbocycles. The molecule has 0 radical (unpaired) electrons. The fourth-order valence-electron chi connectivity index (χ4n) is 4.94. The lowest BCUT2D eigenvalue weighted by Crippen LogP contribution is -2.37. The third-order valence-electron chi connectivity index (χ3n) is 6.59. The molecule has 3 aliphatic rings. The monoisotopic (exact) mass is 360 g/mol. The van der Waals surface area contributed by atoms with Crippen molar-refractivity contribution in [2.24, 2.45) is 5.41 Å². The summed E-state index contributed by atoms with van der Waals surface area (Å²) >= 11 is 0. The minimum absolute atomic E-state index is 0.345. The van der Waals surface area contributed by atoms with Gasteiger partial charge in [0.1, 0.15) is 0 Å². The maximum atomic E-state index is 4.31. The number of hydrogen-bond donors (Lipinski definition) is 1. The maximum Gasteiger partial charge on any atom is 0.0366 e. The number of allylic oxidation sites excluding steroid dienone is 6. The van der Waals surface area contributed by atoms with Crippen molar-refractivity contribution in [1.29, 1.82) is 0 Å².